The average molecular weight is 188 g/mol. The molecule has 0 spiro atoms. The van der Waals surface area contributed by atoms with Gasteiger partial charge in [0.15, 0.2) is 0 Å². The monoisotopic (exact) mass is 188 g/mol. The fourth-order valence-corrected chi connectivity index (χ4v) is 1.49. The van der Waals surface area contributed by atoms with Gasteiger partial charge in [0.25, 0.3) is 0 Å². The normalized spacial score (nSPS) is 10.3. The zero-order chi connectivity index (χ0) is 10.3. The van der Waals surface area contributed by atoms with Gasteiger partial charge in [0.05, 0.1) is 11.7 Å². The predicted molar refractivity (Wildman–Crippen MR) is 50.2 cm³/mol. The lowest BCUT2D eigenvalue weighted by Gasteiger charge is -2.03. The molecule has 4 heteroatoms. The highest BCUT2D eigenvalue weighted by Crippen LogP contribution is 2.26. The lowest BCUT2D eigenvalue weighted by atomic mass is 10.1. The van der Waals surface area contributed by atoms with Gasteiger partial charge in [-0.2, -0.15) is 5.26 Å². The molecule has 0 aliphatic carbocycles. The Morgan fingerprint density at radius 2 is 2.07 bits per heavy atom. The molecular formula is C10H8N2O2. The molecule has 2 aromatic heterocycles. The molecule has 4 nitrogen and oxygen atoms in total. The van der Waals surface area contributed by atoms with Crippen LogP contribution >= 0.6 is 0 Å². The van der Waals surface area contributed by atoms with Crippen molar-refractivity contribution < 1.29 is 10.2 Å². The molecule has 0 atom stereocenters. The van der Waals surface area contributed by atoms with Crippen molar-refractivity contribution in [2.45, 2.75) is 6.92 Å². The van der Waals surface area contributed by atoms with E-state index < -0.39 is 0 Å². The van der Waals surface area contributed by atoms with Crippen LogP contribution < -0.4 is 0 Å². The van der Waals surface area contributed by atoms with Crippen molar-refractivity contribution in [1.29, 1.82) is 5.26 Å². The van der Waals surface area contributed by atoms with E-state index in [4.69, 9.17) is 5.26 Å². The number of hydrogen-bond donors (Lipinski definition) is 2. The second-order valence-electron chi connectivity index (χ2n) is 3.13. The number of rotatable bonds is 0. The van der Waals surface area contributed by atoms with Crippen molar-refractivity contribution in [2.24, 2.45) is 0 Å². The number of nitrogens with zero attached hydrogens (tertiary/aromatic N) is 2. The summed E-state index contributed by atoms with van der Waals surface area (Å²) in [6.07, 6.45) is 1.37. The molecule has 2 rings (SSSR count). The lowest BCUT2D eigenvalue weighted by molar-refractivity contribution is 0.440. The number of fused-ring (bicyclic) bond motifs is 1. The quantitative estimate of drug-likeness (QED) is 0.658. The smallest absolute Gasteiger partial charge is 0.214 e. The Morgan fingerprint density at radius 1 is 1.36 bits per heavy atom. The summed E-state index contributed by atoms with van der Waals surface area (Å²) >= 11 is 0. The van der Waals surface area contributed by atoms with E-state index in [1.54, 1.807) is 13.0 Å². The van der Waals surface area contributed by atoms with Gasteiger partial charge in [-0.3, -0.25) is 4.40 Å². The van der Waals surface area contributed by atoms with Crippen LogP contribution in [0.25, 0.3) is 5.52 Å². The van der Waals surface area contributed by atoms with E-state index in [0.29, 0.717) is 11.1 Å². The van der Waals surface area contributed by atoms with E-state index in [2.05, 4.69) is 0 Å². The fourth-order valence-electron chi connectivity index (χ4n) is 1.49. The Bertz CT molecular complexity index is 549. The van der Waals surface area contributed by atoms with Crippen LogP contribution in [0.3, 0.4) is 0 Å². The van der Waals surface area contributed by atoms with E-state index in [1.165, 1.54) is 16.7 Å². The predicted octanol–water partition coefficient (Wildman–Crippen LogP) is 1.53. The van der Waals surface area contributed by atoms with Crippen molar-refractivity contribution in [3.63, 3.8) is 0 Å². The van der Waals surface area contributed by atoms with Gasteiger partial charge < -0.3 is 10.2 Å². The molecule has 0 bridgehead atoms. The molecule has 0 aromatic carbocycles. The Balaban J connectivity index is 2.93. The maximum atomic E-state index is 9.67. The van der Waals surface area contributed by atoms with Gasteiger partial charge in [-0.25, -0.2) is 0 Å². The molecule has 0 saturated heterocycles. The Morgan fingerprint density at radius 3 is 2.71 bits per heavy atom. The van der Waals surface area contributed by atoms with Crippen LogP contribution in [0.4, 0.5) is 0 Å². The van der Waals surface area contributed by atoms with Crippen LogP contribution in [-0.2, 0) is 0 Å². The third kappa shape index (κ3) is 0.995. The third-order valence-electron chi connectivity index (χ3n) is 2.16. The van der Waals surface area contributed by atoms with Gasteiger partial charge in [-0.15, -0.1) is 0 Å². The lowest BCUT2D eigenvalue weighted by Crippen LogP contribution is -1.91. The van der Waals surface area contributed by atoms with Crippen molar-refractivity contribution >= 4 is 5.52 Å². The van der Waals surface area contributed by atoms with Gasteiger partial charge in [-0.1, -0.05) is 0 Å². The Hall–Kier alpha value is -2.15. The highest BCUT2D eigenvalue weighted by molar-refractivity contribution is 5.61. The summed E-state index contributed by atoms with van der Waals surface area (Å²) < 4.78 is 1.38. The fraction of sp³-hybridized carbons (Fsp3) is 0.100. The SMILES string of the molecule is Cc1cc2cc(O)cn2c(O)c1C#N. The first-order valence-electron chi connectivity index (χ1n) is 4.07. The second kappa shape index (κ2) is 2.67. The number of aryl methyl sites for hydroxylation is 1. The first-order valence-corrected chi connectivity index (χ1v) is 4.07. The molecule has 70 valence electrons. The standard InChI is InChI=1S/C10H8N2O2/c1-6-2-7-3-8(13)5-12(7)10(14)9(6)4-11/h2-3,5,13-14H,1H3. The summed E-state index contributed by atoms with van der Waals surface area (Å²) in [5.74, 6) is -0.0717. The van der Waals surface area contributed by atoms with Crippen LogP contribution in [0.1, 0.15) is 11.1 Å². The molecule has 2 heterocycles. The molecule has 0 aliphatic rings. The van der Waals surface area contributed by atoms with Crippen LogP contribution in [0.5, 0.6) is 11.6 Å². The number of aromatic nitrogens is 1. The van der Waals surface area contributed by atoms with Crippen LogP contribution in [0.15, 0.2) is 18.3 Å². The first kappa shape index (κ1) is 8.45. The summed E-state index contributed by atoms with van der Waals surface area (Å²) in [7, 11) is 0. The van der Waals surface area contributed by atoms with Crippen LogP contribution in [-0.4, -0.2) is 14.6 Å². The zero-order valence-corrected chi connectivity index (χ0v) is 7.52. The van der Waals surface area contributed by atoms with Gasteiger partial charge in [-0.05, 0) is 18.6 Å². The minimum Gasteiger partial charge on any atom is -0.506 e. The Kier molecular flexibility index (Phi) is 1.61. The van der Waals surface area contributed by atoms with E-state index >= 15 is 0 Å². The molecule has 0 saturated carbocycles. The Labute approximate surface area is 80.3 Å². The maximum Gasteiger partial charge on any atom is 0.214 e. The topological polar surface area (TPSA) is 68.7 Å². The molecular weight excluding hydrogens is 180 g/mol. The maximum absolute atomic E-state index is 9.67. The van der Waals surface area contributed by atoms with Gasteiger partial charge in [0, 0.05) is 6.07 Å². The minimum absolute atomic E-state index is 0.0646. The number of hydrogen-bond acceptors (Lipinski definition) is 3. The summed E-state index contributed by atoms with van der Waals surface area (Å²) in [6, 6.07) is 5.17. The van der Waals surface area contributed by atoms with Crippen molar-refractivity contribution in [3.05, 3.63) is 29.5 Å². The van der Waals surface area contributed by atoms with Crippen molar-refractivity contribution in [3.8, 4) is 17.7 Å². The minimum atomic E-state index is -0.136. The van der Waals surface area contributed by atoms with Crippen LogP contribution in [0, 0.1) is 18.3 Å². The van der Waals surface area contributed by atoms with Gasteiger partial charge in [0.2, 0.25) is 5.88 Å². The van der Waals surface area contributed by atoms with E-state index in [-0.39, 0.29) is 17.2 Å². The summed E-state index contributed by atoms with van der Waals surface area (Å²) in [6.45, 7) is 1.74. The molecule has 2 N–H and O–H groups in total. The summed E-state index contributed by atoms with van der Waals surface area (Å²) in [5.41, 5.74) is 1.58. The molecule has 2 aromatic rings. The van der Waals surface area contributed by atoms with E-state index in [9.17, 15) is 10.2 Å². The molecule has 14 heavy (non-hydrogen) atoms. The largest absolute Gasteiger partial charge is 0.506 e. The van der Waals surface area contributed by atoms with E-state index in [0.717, 1.165) is 0 Å². The highest BCUT2D eigenvalue weighted by Gasteiger charge is 2.10. The van der Waals surface area contributed by atoms with E-state index in [1.807, 2.05) is 6.07 Å². The van der Waals surface area contributed by atoms with Gasteiger partial charge >= 0.3 is 0 Å². The number of aromatic hydroxyl groups is 2. The summed E-state index contributed by atoms with van der Waals surface area (Å²) in [5, 5.41) is 27.7. The average Bonchev–Trinajstić information content (AvgIpc) is 2.47. The second-order valence-corrected chi connectivity index (χ2v) is 3.13. The van der Waals surface area contributed by atoms with Crippen LogP contribution in [0.2, 0.25) is 0 Å². The third-order valence-corrected chi connectivity index (χ3v) is 2.16. The molecule has 0 aliphatic heterocycles. The number of pyridine rings is 1. The number of nitriles is 1. The molecule has 0 fully saturated rings. The van der Waals surface area contributed by atoms with Crippen molar-refractivity contribution in [2.75, 3.05) is 0 Å². The highest BCUT2D eigenvalue weighted by atomic mass is 16.3. The first-order chi connectivity index (χ1) is 6.63. The molecule has 0 unspecified atom stereocenters. The molecule has 0 amide bonds. The molecule has 0 radical (unpaired) electrons. The zero-order valence-electron chi connectivity index (χ0n) is 7.52. The van der Waals surface area contributed by atoms with Crippen molar-refractivity contribution in [1.82, 2.24) is 4.40 Å². The summed E-state index contributed by atoms with van der Waals surface area (Å²) in [4.78, 5) is 0. The van der Waals surface area contributed by atoms with Gasteiger partial charge in [0.1, 0.15) is 17.4 Å².